The van der Waals surface area contributed by atoms with Gasteiger partial charge in [0.15, 0.2) is 0 Å². The highest BCUT2D eigenvalue weighted by Gasteiger charge is 2.22. The third-order valence-corrected chi connectivity index (χ3v) is 3.58. The lowest BCUT2D eigenvalue weighted by Crippen LogP contribution is -2.51. The van der Waals surface area contributed by atoms with E-state index >= 15 is 0 Å². The van der Waals surface area contributed by atoms with Gasteiger partial charge in [0.25, 0.3) is 5.91 Å². The Bertz CT molecular complexity index is 600. The van der Waals surface area contributed by atoms with Crippen molar-refractivity contribution >= 4 is 23.5 Å². The quantitative estimate of drug-likeness (QED) is 0.689. The molecule has 118 valence electrons. The number of carbonyl (C=O) groups excluding carboxylic acids is 3. The molecule has 0 atom stereocenters. The summed E-state index contributed by atoms with van der Waals surface area (Å²) in [5.74, 6) is -0.532. The van der Waals surface area contributed by atoms with Gasteiger partial charge in [-0.2, -0.15) is 0 Å². The number of rotatable bonds is 5. The van der Waals surface area contributed by atoms with Crippen LogP contribution in [0.15, 0.2) is 18.2 Å². The maximum atomic E-state index is 12.1. The highest BCUT2D eigenvalue weighted by Crippen LogP contribution is 2.14. The minimum absolute atomic E-state index is 0.263. The van der Waals surface area contributed by atoms with Crippen LogP contribution in [-0.4, -0.2) is 42.4 Å². The summed E-state index contributed by atoms with van der Waals surface area (Å²) >= 11 is 0. The van der Waals surface area contributed by atoms with Gasteiger partial charge in [-0.15, -0.1) is 0 Å². The molecular weight excluding hydrogens is 284 g/mol. The maximum absolute atomic E-state index is 12.1. The highest BCUT2D eigenvalue weighted by molar-refractivity contribution is 5.99. The van der Waals surface area contributed by atoms with Crippen LogP contribution in [0.5, 0.6) is 0 Å². The van der Waals surface area contributed by atoms with Crippen LogP contribution in [0.3, 0.4) is 0 Å². The number of nitrogens with two attached hydrogens (primary N) is 1. The Morgan fingerprint density at radius 1 is 1.41 bits per heavy atom. The Labute approximate surface area is 128 Å². The zero-order valence-corrected chi connectivity index (χ0v) is 12.5. The van der Waals surface area contributed by atoms with Gasteiger partial charge in [-0.3, -0.25) is 14.9 Å². The second-order valence-electron chi connectivity index (χ2n) is 5.12. The number of hydrogen-bond donors (Lipinski definition) is 3. The molecule has 1 aliphatic rings. The van der Waals surface area contributed by atoms with Gasteiger partial charge in [-0.25, -0.2) is 4.79 Å². The predicted octanol–water partition coefficient (Wildman–Crippen LogP) is 0.503. The molecule has 0 unspecified atom stereocenters. The molecule has 0 saturated carbocycles. The third kappa shape index (κ3) is 3.75. The molecule has 7 heteroatoms. The maximum Gasteiger partial charge on any atom is 0.324 e. The SMILES string of the molecule is CCc1ccc(N)c(C(=O)NCCN2CCC(=O)NC2=O)c1. The van der Waals surface area contributed by atoms with Crippen molar-refractivity contribution in [2.24, 2.45) is 0 Å². The van der Waals surface area contributed by atoms with E-state index in [-0.39, 0.29) is 18.2 Å². The van der Waals surface area contributed by atoms with Crippen LogP contribution in [0.4, 0.5) is 10.5 Å². The second-order valence-corrected chi connectivity index (χ2v) is 5.12. The predicted molar refractivity (Wildman–Crippen MR) is 82.3 cm³/mol. The largest absolute Gasteiger partial charge is 0.398 e. The van der Waals surface area contributed by atoms with Crippen LogP contribution in [0.2, 0.25) is 0 Å². The average molecular weight is 304 g/mol. The first kappa shape index (κ1) is 15.8. The van der Waals surface area contributed by atoms with Crippen molar-refractivity contribution in [3.05, 3.63) is 29.3 Å². The lowest BCUT2D eigenvalue weighted by atomic mass is 10.1. The second kappa shape index (κ2) is 6.93. The number of imide groups is 1. The fourth-order valence-corrected chi connectivity index (χ4v) is 2.23. The minimum atomic E-state index is -0.419. The molecule has 0 radical (unpaired) electrons. The molecule has 4 N–H and O–H groups in total. The van der Waals surface area contributed by atoms with Crippen LogP contribution >= 0.6 is 0 Å². The summed E-state index contributed by atoms with van der Waals surface area (Å²) in [5.41, 5.74) is 7.73. The van der Waals surface area contributed by atoms with Crippen LogP contribution in [0, 0.1) is 0 Å². The Morgan fingerprint density at radius 2 is 2.18 bits per heavy atom. The molecule has 1 heterocycles. The molecule has 4 amide bonds. The molecule has 1 aromatic rings. The van der Waals surface area contributed by atoms with Crippen molar-refractivity contribution in [3.8, 4) is 0 Å². The lowest BCUT2D eigenvalue weighted by Gasteiger charge is -2.26. The molecule has 2 rings (SSSR count). The smallest absolute Gasteiger partial charge is 0.324 e. The van der Waals surface area contributed by atoms with E-state index in [1.54, 1.807) is 12.1 Å². The van der Waals surface area contributed by atoms with Crippen molar-refractivity contribution < 1.29 is 14.4 Å². The van der Waals surface area contributed by atoms with Gasteiger partial charge in [0.2, 0.25) is 5.91 Å². The summed E-state index contributed by atoms with van der Waals surface area (Å²) in [6, 6.07) is 4.97. The lowest BCUT2D eigenvalue weighted by molar-refractivity contribution is -0.121. The summed E-state index contributed by atoms with van der Waals surface area (Å²) in [5, 5.41) is 4.98. The van der Waals surface area contributed by atoms with E-state index in [1.807, 2.05) is 13.0 Å². The molecule has 1 aliphatic heterocycles. The van der Waals surface area contributed by atoms with E-state index in [0.717, 1.165) is 12.0 Å². The third-order valence-electron chi connectivity index (χ3n) is 3.58. The number of nitrogens with one attached hydrogen (secondary N) is 2. The summed E-state index contributed by atoms with van der Waals surface area (Å²) < 4.78 is 0. The Kier molecular flexibility index (Phi) is 4.98. The summed E-state index contributed by atoms with van der Waals surface area (Å²) in [6.07, 6.45) is 1.10. The topological polar surface area (TPSA) is 105 Å². The molecule has 0 spiro atoms. The van der Waals surface area contributed by atoms with Gasteiger partial charge in [-0.05, 0) is 24.1 Å². The number of nitrogen functional groups attached to an aromatic ring is 1. The van der Waals surface area contributed by atoms with E-state index in [1.165, 1.54) is 4.90 Å². The monoisotopic (exact) mass is 304 g/mol. The molecule has 0 aromatic heterocycles. The Balaban J connectivity index is 1.88. The summed E-state index contributed by atoms with van der Waals surface area (Å²) in [6.45, 7) is 3.02. The zero-order chi connectivity index (χ0) is 16.1. The number of benzene rings is 1. The molecule has 0 bridgehead atoms. The number of hydrogen-bond acceptors (Lipinski definition) is 4. The van der Waals surface area contributed by atoms with Gasteiger partial charge >= 0.3 is 6.03 Å². The van der Waals surface area contributed by atoms with Crippen LogP contribution in [0.1, 0.15) is 29.3 Å². The van der Waals surface area contributed by atoms with E-state index in [4.69, 9.17) is 5.73 Å². The van der Waals surface area contributed by atoms with Gasteiger partial charge in [0.1, 0.15) is 0 Å². The summed E-state index contributed by atoms with van der Waals surface area (Å²) in [4.78, 5) is 36.2. The van der Waals surface area contributed by atoms with Crippen molar-refractivity contribution in [2.75, 3.05) is 25.4 Å². The van der Waals surface area contributed by atoms with Gasteiger partial charge < -0.3 is 16.0 Å². The Hall–Kier alpha value is -2.57. The Morgan fingerprint density at radius 3 is 2.86 bits per heavy atom. The van der Waals surface area contributed by atoms with Crippen molar-refractivity contribution in [3.63, 3.8) is 0 Å². The number of carbonyl (C=O) groups is 3. The molecular formula is C15H20N4O3. The van der Waals surface area contributed by atoms with Gasteiger partial charge in [-0.1, -0.05) is 13.0 Å². The standard InChI is InChI=1S/C15H20N4O3/c1-2-10-3-4-12(16)11(9-10)14(21)17-6-8-19-7-5-13(20)18-15(19)22/h3-4,9H,2,5-8,16H2,1H3,(H,17,21)(H,18,20,22). The number of nitrogens with zero attached hydrogens (tertiary/aromatic N) is 1. The molecule has 7 nitrogen and oxygen atoms in total. The zero-order valence-electron chi connectivity index (χ0n) is 12.5. The van der Waals surface area contributed by atoms with Crippen molar-refractivity contribution in [1.82, 2.24) is 15.5 Å². The minimum Gasteiger partial charge on any atom is -0.398 e. The van der Waals surface area contributed by atoms with Crippen LogP contribution < -0.4 is 16.4 Å². The molecule has 1 aromatic carbocycles. The number of urea groups is 1. The number of anilines is 1. The first-order valence-electron chi connectivity index (χ1n) is 7.26. The molecule has 22 heavy (non-hydrogen) atoms. The van der Waals surface area contributed by atoms with E-state index in [9.17, 15) is 14.4 Å². The van der Waals surface area contributed by atoms with Crippen LogP contribution in [0.25, 0.3) is 0 Å². The number of amides is 4. The van der Waals surface area contributed by atoms with Crippen molar-refractivity contribution in [1.29, 1.82) is 0 Å². The van der Waals surface area contributed by atoms with E-state index in [0.29, 0.717) is 30.9 Å². The first-order valence-corrected chi connectivity index (χ1v) is 7.26. The first-order chi connectivity index (χ1) is 10.5. The normalized spacial score (nSPS) is 14.7. The van der Waals surface area contributed by atoms with E-state index < -0.39 is 6.03 Å². The number of aryl methyl sites for hydroxylation is 1. The van der Waals surface area contributed by atoms with E-state index in [2.05, 4.69) is 10.6 Å². The molecule has 0 aliphatic carbocycles. The van der Waals surface area contributed by atoms with Gasteiger partial charge in [0.05, 0.1) is 5.56 Å². The fraction of sp³-hybridized carbons (Fsp3) is 0.400. The summed E-state index contributed by atoms with van der Waals surface area (Å²) in [7, 11) is 0. The van der Waals surface area contributed by atoms with Crippen molar-refractivity contribution in [2.45, 2.75) is 19.8 Å². The average Bonchev–Trinajstić information content (AvgIpc) is 2.49. The molecule has 1 saturated heterocycles. The van der Waals surface area contributed by atoms with Gasteiger partial charge in [0, 0.05) is 31.7 Å². The fourth-order valence-electron chi connectivity index (χ4n) is 2.23. The molecule has 1 fully saturated rings. The highest BCUT2D eigenvalue weighted by atomic mass is 16.2. The van der Waals surface area contributed by atoms with Crippen LogP contribution in [-0.2, 0) is 11.2 Å².